The molecule has 0 bridgehead atoms. The third-order valence-corrected chi connectivity index (χ3v) is 4.24. The summed E-state index contributed by atoms with van der Waals surface area (Å²) in [5.41, 5.74) is -8.89. The van der Waals surface area contributed by atoms with E-state index in [1.54, 1.807) is 0 Å². The minimum atomic E-state index is -6.72. The summed E-state index contributed by atoms with van der Waals surface area (Å²) in [6.45, 7) is 4.20. The Labute approximate surface area is 143 Å². The summed E-state index contributed by atoms with van der Waals surface area (Å²) in [7, 11) is -13.4. The SMILES string of the molecule is C=CC(=O)Cl.O=S(=O)([N-]S(=O)(=O)C(F)(F)F)C(F)(F)F.[NH3+]CCCO. The maximum atomic E-state index is 11.4. The fourth-order valence-corrected chi connectivity index (χ4v) is 2.04. The Kier molecular flexibility index (Phi) is 13.4. The number of quaternary nitrogens is 1. The van der Waals surface area contributed by atoms with Gasteiger partial charge in [0, 0.05) is 13.0 Å². The molecule has 0 atom stereocenters. The van der Waals surface area contributed by atoms with Gasteiger partial charge in [0.15, 0.2) is 20.0 Å². The van der Waals surface area contributed by atoms with Crippen LogP contribution < -0.4 is 5.73 Å². The number of nitrogens with zero attached hydrogens (tertiary/aromatic N) is 1. The number of aliphatic hydroxyl groups is 1. The zero-order valence-corrected chi connectivity index (χ0v) is 14.4. The lowest BCUT2D eigenvalue weighted by Crippen LogP contribution is -2.50. The highest BCUT2D eigenvalue weighted by Gasteiger charge is 2.46. The van der Waals surface area contributed by atoms with Crippen LogP contribution in [-0.2, 0) is 24.8 Å². The number of aliphatic hydroxyl groups excluding tert-OH is 1. The minimum absolute atomic E-state index is 0.281. The Balaban J connectivity index is -0.000000396. The van der Waals surface area contributed by atoms with Crippen LogP contribution in [0.15, 0.2) is 12.7 Å². The summed E-state index contributed by atoms with van der Waals surface area (Å²) in [6.07, 6.45) is 1.88. The number of hydrogen-bond acceptors (Lipinski definition) is 6. The van der Waals surface area contributed by atoms with E-state index in [1.807, 2.05) is 0 Å². The number of allylic oxidation sites excluding steroid dienone is 1. The van der Waals surface area contributed by atoms with Gasteiger partial charge in [0.05, 0.1) is 6.54 Å². The van der Waals surface area contributed by atoms with E-state index < -0.39 is 36.3 Å². The fraction of sp³-hybridized carbons (Fsp3) is 0.625. The Morgan fingerprint density at radius 1 is 1.08 bits per heavy atom. The fourth-order valence-electron chi connectivity index (χ4n) is 0.326. The van der Waals surface area contributed by atoms with Crippen LogP contribution in [0.3, 0.4) is 0 Å². The molecule has 0 amide bonds. The largest absolute Gasteiger partial charge is 0.480 e. The Bertz CT molecular complexity index is 572. The summed E-state index contributed by atoms with van der Waals surface area (Å²) in [5.74, 6) is 0. The molecule has 0 heterocycles. The third kappa shape index (κ3) is 14.0. The van der Waals surface area contributed by atoms with Crippen LogP contribution in [0.4, 0.5) is 26.3 Å². The standard InChI is InChI=1S/C3H3ClO.C3H9NO.C2F6NO4S2/c1-2-3(4)5;4-2-1-3-5;3-1(4,5)14(10,11)9-15(12,13)2(6,7)8/h2H,1H2;5H,1-4H2;/q;;-1/p+1. The van der Waals surface area contributed by atoms with Crippen LogP contribution in [0, 0.1) is 0 Å². The van der Waals surface area contributed by atoms with E-state index >= 15 is 0 Å². The van der Waals surface area contributed by atoms with Crippen LogP contribution in [-0.4, -0.2) is 51.4 Å². The molecule has 0 aliphatic rings. The Morgan fingerprint density at radius 3 is 1.44 bits per heavy atom. The van der Waals surface area contributed by atoms with Crippen molar-refractivity contribution in [2.75, 3.05) is 13.2 Å². The van der Waals surface area contributed by atoms with Crippen molar-refractivity contribution in [1.82, 2.24) is 0 Å². The second kappa shape index (κ2) is 11.6. The molecule has 4 N–H and O–H groups in total. The Morgan fingerprint density at radius 2 is 1.36 bits per heavy atom. The molecule has 152 valence electrons. The number of sulfonamides is 2. The van der Waals surface area contributed by atoms with Gasteiger partial charge in [0.2, 0.25) is 5.24 Å². The van der Waals surface area contributed by atoms with E-state index in [2.05, 4.69) is 12.3 Å². The number of hydrogen-bond donors (Lipinski definition) is 2. The zero-order valence-electron chi connectivity index (χ0n) is 12.0. The molecule has 25 heavy (non-hydrogen) atoms. The second-order valence-corrected chi connectivity index (χ2v) is 7.15. The van der Waals surface area contributed by atoms with Gasteiger partial charge in [-0.05, 0) is 17.7 Å². The molecular weight excluding hydrogens is 434 g/mol. The topological polar surface area (TPSA) is 147 Å². The van der Waals surface area contributed by atoms with Gasteiger partial charge in [0.25, 0.3) is 0 Å². The van der Waals surface area contributed by atoms with E-state index in [0.29, 0.717) is 0 Å². The number of alkyl halides is 6. The predicted molar refractivity (Wildman–Crippen MR) is 73.8 cm³/mol. The maximum absolute atomic E-state index is 11.4. The third-order valence-electron chi connectivity index (χ3n) is 1.35. The molecule has 0 saturated carbocycles. The molecule has 0 radical (unpaired) electrons. The molecular formula is C8H13ClF6N2O6S2. The summed E-state index contributed by atoms with van der Waals surface area (Å²) < 4.78 is 109. The van der Waals surface area contributed by atoms with Gasteiger partial charge < -0.3 is 15.0 Å². The summed E-state index contributed by atoms with van der Waals surface area (Å²) in [4.78, 5) is 9.46. The van der Waals surface area contributed by atoms with E-state index in [-0.39, 0.29) is 6.61 Å². The molecule has 0 aromatic carbocycles. The van der Waals surface area contributed by atoms with Crippen molar-refractivity contribution in [2.24, 2.45) is 0 Å². The molecule has 0 saturated heterocycles. The van der Waals surface area contributed by atoms with Gasteiger partial charge in [0.1, 0.15) is 0 Å². The average molecular weight is 447 g/mol. The smallest absolute Gasteiger partial charge is 0.421 e. The number of rotatable bonds is 5. The van der Waals surface area contributed by atoms with Gasteiger partial charge in [-0.25, -0.2) is 16.8 Å². The molecule has 0 fully saturated rings. The number of carbonyl (C=O) groups is 1. The first-order chi connectivity index (χ1) is 10.9. The number of carbonyl (C=O) groups excluding carboxylic acids is 1. The summed E-state index contributed by atoms with van der Waals surface area (Å²) in [5, 5.41) is 7.52. The molecule has 0 rings (SSSR count). The lowest BCUT2D eigenvalue weighted by molar-refractivity contribution is -0.369. The molecule has 0 aliphatic heterocycles. The predicted octanol–water partition coefficient (Wildman–Crippen LogP) is 0.608. The lowest BCUT2D eigenvalue weighted by Gasteiger charge is -2.22. The first kappa shape index (κ1) is 28.8. The quantitative estimate of drug-likeness (QED) is 0.359. The van der Waals surface area contributed by atoms with Gasteiger partial charge in [-0.15, -0.1) is 0 Å². The van der Waals surface area contributed by atoms with Gasteiger partial charge >= 0.3 is 11.0 Å². The number of halogens is 7. The zero-order chi connectivity index (χ0) is 21.1. The van der Waals surface area contributed by atoms with Crippen molar-refractivity contribution < 1.29 is 58.8 Å². The molecule has 0 unspecified atom stereocenters. The van der Waals surface area contributed by atoms with E-state index in [4.69, 9.17) is 16.7 Å². The highest BCUT2D eigenvalue weighted by atomic mass is 35.5. The maximum Gasteiger partial charge on any atom is 0.480 e. The normalized spacial score (nSPS) is 12.2. The summed E-state index contributed by atoms with van der Waals surface area (Å²) in [6, 6.07) is 0. The molecule has 0 spiro atoms. The van der Waals surface area contributed by atoms with Crippen LogP contribution in [0.2, 0.25) is 0 Å². The second-order valence-electron chi connectivity index (χ2n) is 3.36. The molecule has 0 aromatic rings. The van der Waals surface area contributed by atoms with Gasteiger partial charge in [-0.3, -0.25) is 4.79 Å². The highest BCUT2D eigenvalue weighted by molar-refractivity contribution is 8.13. The van der Waals surface area contributed by atoms with Crippen LogP contribution in [0.5, 0.6) is 0 Å². The van der Waals surface area contributed by atoms with Crippen molar-refractivity contribution in [1.29, 1.82) is 0 Å². The van der Waals surface area contributed by atoms with Crippen molar-refractivity contribution in [3.8, 4) is 0 Å². The first-order valence-corrected chi connectivity index (χ1v) is 8.74. The average Bonchev–Trinajstić information content (AvgIpc) is 2.37. The molecule has 0 aliphatic carbocycles. The van der Waals surface area contributed by atoms with E-state index in [0.717, 1.165) is 23.2 Å². The van der Waals surface area contributed by atoms with Crippen LogP contribution >= 0.6 is 11.6 Å². The summed E-state index contributed by atoms with van der Waals surface area (Å²) >= 11 is 4.71. The monoisotopic (exact) mass is 446 g/mol. The van der Waals surface area contributed by atoms with Gasteiger partial charge in [-0.1, -0.05) is 6.58 Å². The first-order valence-electron chi connectivity index (χ1n) is 5.48. The van der Waals surface area contributed by atoms with Crippen molar-refractivity contribution in [3.63, 3.8) is 0 Å². The Hall–Kier alpha value is -0.940. The van der Waals surface area contributed by atoms with Crippen LogP contribution in [0.1, 0.15) is 6.42 Å². The van der Waals surface area contributed by atoms with Crippen molar-refractivity contribution >= 4 is 36.9 Å². The van der Waals surface area contributed by atoms with E-state index in [1.165, 1.54) is 0 Å². The lowest BCUT2D eigenvalue weighted by atomic mass is 10.5. The molecule has 17 heteroatoms. The molecule has 0 aromatic heterocycles. The van der Waals surface area contributed by atoms with Crippen molar-refractivity contribution in [2.45, 2.75) is 17.4 Å². The molecule has 8 nitrogen and oxygen atoms in total. The minimum Gasteiger partial charge on any atom is -0.421 e. The van der Waals surface area contributed by atoms with Crippen molar-refractivity contribution in [3.05, 3.63) is 16.8 Å². The van der Waals surface area contributed by atoms with Gasteiger partial charge in [-0.2, -0.15) is 26.3 Å². The highest BCUT2D eigenvalue weighted by Crippen LogP contribution is 2.36. The van der Waals surface area contributed by atoms with Crippen LogP contribution in [0.25, 0.3) is 4.13 Å². The van der Waals surface area contributed by atoms with E-state index in [9.17, 15) is 48.0 Å².